The number of rotatable bonds is 6. The number of carbonyl (C=O) groups excluding carboxylic acids is 2. The van der Waals surface area contributed by atoms with Crippen molar-refractivity contribution >= 4 is 28.3 Å². The minimum absolute atomic E-state index is 0.0637. The van der Waals surface area contributed by atoms with E-state index in [4.69, 9.17) is 4.42 Å². The average molecular weight is 347 g/mol. The van der Waals surface area contributed by atoms with Crippen molar-refractivity contribution in [3.05, 3.63) is 34.7 Å². The fraction of sp³-hybridized carbons (Fsp3) is 0.471. The standard InChI is InChI=1S/C17H21N3O3S/c21-15(9-4-10-18-16(22)13-7-5-11-23-13)20-17-19-12-6-2-1-3-8-14(12)24-17/h5,7,11H,1-4,6,8-10H2,(H,18,22)(H,19,20,21). The number of aryl methyl sites for hydroxylation is 2. The molecule has 0 saturated carbocycles. The van der Waals surface area contributed by atoms with E-state index in [1.54, 1.807) is 23.5 Å². The minimum Gasteiger partial charge on any atom is -0.459 e. The topological polar surface area (TPSA) is 84.2 Å². The number of amides is 2. The highest BCUT2D eigenvalue weighted by molar-refractivity contribution is 7.15. The lowest BCUT2D eigenvalue weighted by Crippen LogP contribution is -2.25. The molecule has 0 saturated heterocycles. The molecule has 0 aromatic carbocycles. The number of furan rings is 1. The summed E-state index contributed by atoms with van der Waals surface area (Å²) in [5.41, 5.74) is 1.15. The zero-order valence-electron chi connectivity index (χ0n) is 13.5. The van der Waals surface area contributed by atoms with Crippen LogP contribution in [-0.2, 0) is 17.6 Å². The number of nitrogens with one attached hydrogen (secondary N) is 2. The van der Waals surface area contributed by atoms with Gasteiger partial charge in [0.05, 0.1) is 12.0 Å². The van der Waals surface area contributed by atoms with Crippen LogP contribution in [0.4, 0.5) is 5.13 Å². The SMILES string of the molecule is O=C(CCCNC(=O)c1ccco1)Nc1nc2c(s1)CCCCC2. The number of anilines is 1. The van der Waals surface area contributed by atoms with Crippen LogP contribution in [0.3, 0.4) is 0 Å². The third kappa shape index (κ3) is 4.44. The van der Waals surface area contributed by atoms with Gasteiger partial charge < -0.3 is 15.1 Å². The Kier molecular flexibility index (Phi) is 5.63. The lowest BCUT2D eigenvalue weighted by Gasteiger charge is -2.03. The Bertz CT molecular complexity index is 671. The van der Waals surface area contributed by atoms with Crippen molar-refractivity contribution in [3.63, 3.8) is 0 Å². The molecular formula is C17H21N3O3S. The van der Waals surface area contributed by atoms with E-state index >= 15 is 0 Å². The molecule has 0 bridgehead atoms. The molecule has 2 aromatic heterocycles. The molecule has 3 rings (SSSR count). The molecule has 0 radical (unpaired) electrons. The number of nitrogens with zero attached hydrogens (tertiary/aromatic N) is 1. The Hall–Kier alpha value is -2.15. The van der Waals surface area contributed by atoms with E-state index in [1.807, 2.05) is 0 Å². The van der Waals surface area contributed by atoms with Crippen LogP contribution in [0.1, 0.15) is 53.2 Å². The van der Waals surface area contributed by atoms with Gasteiger partial charge >= 0.3 is 0 Å². The van der Waals surface area contributed by atoms with Gasteiger partial charge in [0.15, 0.2) is 10.9 Å². The number of carbonyl (C=O) groups is 2. The fourth-order valence-corrected chi connectivity index (χ4v) is 3.78. The summed E-state index contributed by atoms with van der Waals surface area (Å²) in [6.45, 7) is 0.432. The van der Waals surface area contributed by atoms with Gasteiger partial charge in [0.25, 0.3) is 5.91 Å². The number of thiazole rings is 1. The first-order chi connectivity index (χ1) is 11.7. The van der Waals surface area contributed by atoms with Gasteiger partial charge in [0.1, 0.15) is 0 Å². The first-order valence-electron chi connectivity index (χ1n) is 8.32. The van der Waals surface area contributed by atoms with Crippen molar-refractivity contribution in [2.24, 2.45) is 0 Å². The molecule has 0 fully saturated rings. The van der Waals surface area contributed by atoms with Crippen molar-refractivity contribution in [1.29, 1.82) is 0 Å². The first-order valence-corrected chi connectivity index (χ1v) is 9.14. The molecule has 2 aromatic rings. The van der Waals surface area contributed by atoms with Crippen LogP contribution >= 0.6 is 11.3 Å². The molecule has 0 aliphatic heterocycles. The molecule has 1 aliphatic carbocycles. The maximum Gasteiger partial charge on any atom is 0.286 e. The van der Waals surface area contributed by atoms with Crippen molar-refractivity contribution in [3.8, 4) is 0 Å². The minimum atomic E-state index is -0.260. The van der Waals surface area contributed by atoms with E-state index in [0.717, 1.165) is 18.5 Å². The van der Waals surface area contributed by atoms with E-state index < -0.39 is 0 Å². The molecule has 0 unspecified atom stereocenters. The summed E-state index contributed by atoms with van der Waals surface area (Å²) in [4.78, 5) is 29.5. The highest BCUT2D eigenvalue weighted by atomic mass is 32.1. The van der Waals surface area contributed by atoms with Gasteiger partial charge in [-0.2, -0.15) is 0 Å². The summed E-state index contributed by atoms with van der Waals surface area (Å²) < 4.78 is 5.00. The van der Waals surface area contributed by atoms with Gasteiger partial charge in [-0.05, 0) is 44.2 Å². The molecule has 7 heteroatoms. The van der Waals surface area contributed by atoms with Gasteiger partial charge in [-0.15, -0.1) is 11.3 Å². The second kappa shape index (κ2) is 8.10. The monoisotopic (exact) mass is 347 g/mol. The van der Waals surface area contributed by atoms with Crippen LogP contribution < -0.4 is 10.6 Å². The summed E-state index contributed by atoms with van der Waals surface area (Å²) in [5, 5.41) is 6.30. The predicted molar refractivity (Wildman–Crippen MR) is 92.3 cm³/mol. The molecular weight excluding hydrogens is 326 g/mol. The lowest BCUT2D eigenvalue weighted by atomic mass is 10.2. The predicted octanol–water partition coefficient (Wildman–Crippen LogP) is 3.15. The van der Waals surface area contributed by atoms with Gasteiger partial charge in [-0.25, -0.2) is 4.98 Å². The van der Waals surface area contributed by atoms with E-state index in [0.29, 0.717) is 24.5 Å². The molecule has 0 spiro atoms. The molecule has 2 amide bonds. The van der Waals surface area contributed by atoms with E-state index in [1.165, 1.54) is 30.4 Å². The third-order valence-corrected chi connectivity index (χ3v) is 5.03. The van der Waals surface area contributed by atoms with E-state index in [9.17, 15) is 9.59 Å². The number of hydrogen-bond donors (Lipinski definition) is 2. The first kappa shape index (κ1) is 16.7. The lowest BCUT2D eigenvalue weighted by molar-refractivity contribution is -0.116. The van der Waals surface area contributed by atoms with Crippen molar-refractivity contribution in [2.45, 2.75) is 44.9 Å². The summed E-state index contributed by atoms with van der Waals surface area (Å²) in [5.74, 6) is -0.0426. The summed E-state index contributed by atoms with van der Waals surface area (Å²) >= 11 is 1.59. The zero-order valence-corrected chi connectivity index (χ0v) is 14.3. The Labute approximate surface area is 144 Å². The Morgan fingerprint density at radius 3 is 2.96 bits per heavy atom. The second-order valence-electron chi connectivity index (χ2n) is 5.83. The van der Waals surface area contributed by atoms with Gasteiger partial charge in [-0.1, -0.05) is 6.42 Å². The summed E-state index contributed by atoms with van der Waals surface area (Å²) in [6, 6.07) is 3.27. The van der Waals surface area contributed by atoms with Crippen molar-refractivity contribution in [1.82, 2.24) is 10.3 Å². The van der Waals surface area contributed by atoms with Crippen LogP contribution in [0, 0.1) is 0 Å². The number of hydrogen-bond acceptors (Lipinski definition) is 5. The zero-order chi connectivity index (χ0) is 16.8. The van der Waals surface area contributed by atoms with Gasteiger partial charge in [0, 0.05) is 17.8 Å². The highest BCUT2D eigenvalue weighted by Crippen LogP contribution is 2.28. The Morgan fingerprint density at radius 2 is 2.12 bits per heavy atom. The second-order valence-corrected chi connectivity index (χ2v) is 6.92. The van der Waals surface area contributed by atoms with Gasteiger partial charge in [0.2, 0.25) is 5.91 Å². The smallest absolute Gasteiger partial charge is 0.286 e. The Balaban J connectivity index is 1.39. The summed E-state index contributed by atoms with van der Waals surface area (Å²) in [7, 11) is 0. The molecule has 1 aliphatic rings. The fourth-order valence-electron chi connectivity index (χ4n) is 2.71. The van der Waals surface area contributed by atoms with Crippen LogP contribution in [-0.4, -0.2) is 23.3 Å². The van der Waals surface area contributed by atoms with Crippen LogP contribution in [0.2, 0.25) is 0 Å². The van der Waals surface area contributed by atoms with Gasteiger partial charge in [-0.3, -0.25) is 9.59 Å². The van der Waals surface area contributed by atoms with E-state index in [-0.39, 0.29) is 17.6 Å². The van der Waals surface area contributed by atoms with Crippen molar-refractivity contribution < 1.29 is 14.0 Å². The molecule has 0 atom stereocenters. The highest BCUT2D eigenvalue weighted by Gasteiger charge is 2.15. The molecule has 128 valence electrons. The van der Waals surface area contributed by atoms with Crippen LogP contribution in [0.5, 0.6) is 0 Å². The van der Waals surface area contributed by atoms with Crippen molar-refractivity contribution in [2.75, 3.05) is 11.9 Å². The molecule has 6 nitrogen and oxygen atoms in total. The molecule has 24 heavy (non-hydrogen) atoms. The van der Waals surface area contributed by atoms with E-state index in [2.05, 4.69) is 15.6 Å². The third-order valence-electron chi connectivity index (χ3n) is 3.95. The average Bonchev–Trinajstić information content (AvgIpc) is 3.18. The summed E-state index contributed by atoms with van der Waals surface area (Å²) in [6.07, 6.45) is 8.11. The van der Waals surface area contributed by atoms with Crippen LogP contribution in [0.15, 0.2) is 22.8 Å². The quantitative estimate of drug-likeness (QED) is 0.621. The largest absolute Gasteiger partial charge is 0.459 e. The normalized spacial score (nSPS) is 13.8. The Morgan fingerprint density at radius 1 is 1.25 bits per heavy atom. The molecule has 2 N–H and O–H groups in total. The maximum absolute atomic E-state index is 12.0. The number of fused-ring (bicyclic) bond motifs is 1. The van der Waals surface area contributed by atoms with Crippen LogP contribution in [0.25, 0.3) is 0 Å². The number of aromatic nitrogens is 1. The molecule has 2 heterocycles. The maximum atomic E-state index is 12.0.